The number of Topliss-reactive ketones (excluding diaryl/α,β-unsaturated/α-hetero) is 2. The van der Waals surface area contributed by atoms with Gasteiger partial charge in [0.25, 0.3) is 0 Å². The van der Waals surface area contributed by atoms with Crippen LogP contribution in [0.15, 0.2) is 73.9 Å². The van der Waals surface area contributed by atoms with Gasteiger partial charge in [-0.3, -0.25) is 14.5 Å². The van der Waals surface area contributed by atoms with E-state index in [9.17, 15) is 14.9 Å². The number of nitriles is 1. The van der Waals surface area contributed by atoms with Gasteiger partial charge in [0.15, 0.2) is 15.9 Å². The molecular formula is C27H25N5O3S2. The maximum atomic E-state index is 13.5. The summed E-state index contributed by atoms with van der Waals surface area (Å²) in [6, 6.07) is 14.9. The lowest BCUT2D eigenvalue weighted by molar-refractivity contribution is -0.118. The van der Waals surface area contributed by atoms with Crippen molar-refractivity contribution in [3.63, 3.8) is 0 Å². The van der Waals surface area contributed by atoms with Gasteiger partial charge in [0, 0.05) is 23.3 Å². The first-order chi connectivity index (χ1) is 17.7. The number of nitrogens with zero attached hydrogens (tertiary/aromatic N) is 4. The third-order valence-corrected chi connectivity index (χ3v) is 8.48. The number of furan rings is 1. The summed E-state index contributed by atoms with van der Waals surface area (Å²) >= 11 is 2.57. The molecule has 2 N–H and O–H groups in total. The molecule has 1 unspecified atom stereocenters. The SMILES string of the molecule is Cc1ccc(C2C(C#N)=C(N)N(c3nnc(SCC(=O)c4ccccc4)s3)C3=C2C(=O)CC(C)(C)C3)o1. The number of carbonyl (C=O) groups excluding carboxylic acids is 2. The van der Waals surface area contributed by atoms with Crippen molar-refractivity contribution in [2.45, 2.75) is 43.9 Å². The van der Waals surface area contributed by atoms with E-state index in [4.69, 9.17) is 10.2 Å². The molecule has 0 saturated carbocycles. The van der Waals surface area contributed by atoms with Gasteiger partial charge in [-0.15, -0.1) is 10.2 Å². The van der Waals surface area contributed by atoms with Gasteiger partial charge in [0.1, 0.15) is 17.3 Å². The van der Waals surface area contributed by atoms with Crippen LogP contribution in [0.25, 0.3) is 0 Å². The number of hydrogen-bond donors (Lipinski definition) is 1. The van der Waals surface area contributed by atoms with E-state index in [1.54, 1.807) is 23.1 Å². The zero-order valence-corrected chi connectivity index (χ0v) is 22.3. The first-order valence-corrected chi connectivity index (χ1v) is 13.6. The zero-order chi connectivity index (χ0) is 26.3. The van der Waals surface area contributed by atoms with Gasteiger partial charge in [-0.1, -0.05) is 67.3 Å². The van der Waals surface area contributed by atoms with Crippen molar-refractivity contribution in [2.24, 2.45) is 11.1 Å². The molecule has 2 aliphatic rings. The second-order valence-corrected chi connectivity index (χ2v) is 12.0. The molecule has 3 aromatic rings. The highest BCUT2D eigenvalue weighted by atomic mass is 32.2. The maximum absolute atomic E-state index is 13.5. The fourth-order valence-electron chi connectivity index (χ4n) is 4.81. The molecule has 10 heteroatoms. The molecular weight excluding hydrogens is 506 g/mol. The Hall–Kier alpha value is -3.68. The minimum atomic E-state index is -0.668. The Kier molecular flexibility index (Phi) is 6.52. The van der Waals surface area contributed by atoms with Crippen molar-refractivity contribution in [3.05, 3.63) is 82.2 Å². The van der Waals surface area contributed by atoms with Crippen molar-refractivity contribution in [3.8, 4) is 6.07 Å². The first kappa shape index (κ1) is 25.0. The molecule has 2 aromatic heterocycles. The molecule has 1 aromatic carbocycles. The Labute approximate surface area is 222 Å². The molecule has 1 atom stereocenters. The van der Waals surface area contributed by atoms with Crippen LogP contribution in [0.4, 0.5) is 5.13 Å². The van der Waals surface area contributed by atoms with Crippen LogP contribution in [-0.2, 0) is 4.79 Å². The molecule has 3 heterocycles. The highest BCUT2D eigenvalue weighted by Crippen LogP contribution is 2.50. The second kappa shape index (κ2) is 9.65. The van der Waals surface area contributed by atoms with Crippen LogP contribution in [0, 0.1) is 23.7 Å². The predicted octanol–water partition coefficient (Wildman–Crippen LogP) is 5.36. The summed E-state index contributed by atoms with van der Waals surface area (Å²) in [4.78, 5) is 27.8. The first-order valence-electron chi connectivity index (χ1n) is 11.8. The number of ketones is 2. The average Bonchev–Trinajstić information content (AvgIpc) is 3.50. The van der Waals surface area contributed by atoms with Crippen LogP contribution in [0.3, 0.4) is 0 Å². The van der Waals surface area contributed by atoms with E-state index in [1.165, 1.54) is 23.1 Å². The topological polar surface area (TPSA) is 126 Å². The van der Waals surface area contributed by atoms with Gasteiger partial charge in [-0.25, -0.2) is 0 Å². The quantitative estimate of drug-likeness (QED) is 0.330. The zero-order valence-electron chi connectivity index (χ0n) is 20.6. The Morgan fingerprint density at radius 3 is 2.68 bits per heavy atom. The smallest absolute Gasteiger partial charge is 0.219 e. The Morgan fingerprint density at radius 1 is 1.24 bits per heavy atom. The van der Waals surface area contributed by atoms with Crippen molar-refractivity contribution in [1.29, 1.82) is 5.26 Å². The van der Waals surface area contributed by atoms with Crippen LogP contribution in [-0.4, -0.2) is 27.5 Å². The number of aryl methyl sites for hydroxylation is 1. The summed E-state index contributed by atoms with van der Waals surface area (Å²) in [5, 5.41) is 19.2. The number of nitrogens with two attached hydrogens (primary N) is 1. The number of rotatable bonds is 6. The molecule has 8 nitrogen and oxygen atoms in total. The maximum Gasteiger partial charge on any atom is 0.219 e. The molecule has 1 aliphatic heterocycles. The number of anilines is 1. The van der Waals surface area contributed by atoms with Crippen LogP contribution in [0.2, 0.25) is 0 Å². The van der Waals surface area contributed by atoms with E-state index in [2.05, 4.69) is 16.3 Å². The number of aromatic nitrogens is 2. The third-order valence-electron chi connectivity index (χ3n) is 6.44. The summed E-state index contributed by atoms with van der Waals surface area (Å²) in [6.07, 6.45) is 0.922. The Bertz CT molecular complexity index is 1490. The average molecular weight is 532 g/mol. The Balaban J connectivity index is 1.52. The lowest BCUT2D eigenvalue weighted by atomic mass is 9.69. The molecule has 0 fully saturated rings. The number of allylic oxidation sites excluding steroid dienone is 3. The standard InChI is InChI=1S/C27H25N5O3S2/c1-15-9-10-21(35-15)22-17(13-28)24(29)32(18-11-27(2,3)12-19(33)23(18)22)25-30-31-26(37-25)36-14-20(34)16-7-5-4-6-8-16/h4-10,22H,11-12,14,29H2,1-3H3. The van der Waals surface area contributed by atoms with E-state index in [0.29, 0.717) is 50.7 Å². The predicted molar refractivity (Wildman–Crippen MR) is 142 cm³/mol. The Morgan fingerprint density at radius 2 is 2.00 bits per heavy atom. The van der Waals surface area contributed by atoms with Gasteiger partial charge < -0.3 is 10.2 Å². The molecule has 0 spiro atoms. The third kappa shape index (κ3) is 4.72. The summed E-state index contributed by atoms with van der Waals surface area (Å²) in [6.45, 7) is 5.90. The van der Waals surface area contributed by atoms with E-state index >= 15 is 0 Å². The molecule has 37 heavy (non-hydrogen) atoms. The van der Waals surface area contributed by atoms with Gasteiger partial charge in [0.2, 0.25) is 5.13 Å². The van der Waals surface area contributed by atoms with E-state index in [-0.39, 0.29) is 34.1 Å². The molecule has 0 amide bonds. The monoisotopic (exact) mass is 531 g/mol. The van der Waals surface area contributed by atoms with Gasteiger partial charge >= 0.3 is 0 Å². The molecule has 1 aliphatic carbocycles. The van der Waals surface area contributed by atoms with Crippen LogP contribution in [0.5, 0.6) is 0 Å². The van der Waals surface area contributed by atoms with Gasteiger partial charge in [-0.2, -0.15) is 5.26 Å². The van der Waals surface area contributed by atoms with Crippen molar-refractivity contribution in [2.75, 3.05) is 10.7 Å². The van der Waals surface area contributed by atoms with Gasteiger partial charge in [0.05, 0.1) is 23.3 Å². The van der Waals surface area contributed by atoms with E-state index < -0.39 is 5.92 Å². The van der Waals surface area contributed by atoms with Crippen molar-refractivity contribution < 1.29 is 14.0 Å². The lowest BCUT2D eigenvalue weighted by Crippen LogP contribution is -2.42. The normalized spacial score (nSPS) is 19.1. The molecule has 0 saturated heterocycles. The fourth-order valence-corrected chi connectivity index (χ4v) is 6.58. The minimum absolute atomic E-state index is 0.00676. The van der Waals surface area contributed by atoms with Crippen molar-refractivity contribution in [1.82, 2.24) is 10.2 Å². The molecule has 188 valence electrons. The number of thioether (sulfide) groups is 1. The molecule has 0 radical (unpaired) electrons. The summed E-state index contributed by atoms with van der Waals surface area (Å²) in [5.41, 5.74) is 8.43. The molecule has 5 rings (SSSR count). The number of carbonyl (C=O) groups is 2. The second-order valence-electron chi connectivity index (χ2n) is 9.86. The highest BCUT2D eigenvalue weighted by molar-refractivity contribution is 8.01. The summed E-state index contributed by atoms with van der Waals surface area (Å²) in [7, 11) is 0. The number of benzene rings is 1. The highest BCUT2D eigenvalue weighted by Gasteiger charge is 2.46. The van der Waals surface area contributed by atoms with Gasteiger partial charge in [-0.05, 0) is 30.9 Å². The van der Waals surface area contributed by atoms with Crippen LogP contribution < -0.4 is 10.6 Å². The van der Waals surface area contributed by atoms with E-state index in [1.807, 2.05) is 45.0 Å². The summed E-state index contributed by atoms with van der Waals surface area (Å²) < 4.78 is 6.48. The van der Waals surface area contributed by atoms with Crippen molar-refractivity contribution >= 4 is 39.8 Å². The largest absolute Gasteiger partial charge is 0.465 e. The number of hydrogen-bond acceptors (Lipinski definition) is 10. The van der Waals surface area contributed by atoms with E-state index in [0.717, 1.165) is 0 Å². The summed E-state index contributed by atoms with van der Waals surface area (Å²) in [5.74, 6) is 0.917. The fraction of sp³-hybridized carbons (Fsp3) is 0.296. The van der Waals surface area contributed by atoms with Crippen LogP contribution >= 0.6 is 23.1 Å². The molecule has 0 bridgehead atoms. The van der Waals surface area contributed by atoms with Crippen LogP contribution in [0.1, 0.15) is 54.5 Å². The lowest BCUT2D eigenvalue weighted by Gasteiger charge is -2.42. The minimum Gasteiger partial charge on any atom is -0.465 e.